The van der Waals surface area contributed by atoms with Gasteiger partial charge in [-0.2, -0.15) is 0 Å². The number of aromatic nitrogens is 1. The zero-order chi connectivity index (χ0) is 15.9. The normalized spacial score (nSPS) is 17.9. The molecule has 24 heavy (non-hydrogen) atoms. The molecule has 1 aliphatic carbocycles. The standard InChI is InChI=1S/C18H27N5.HI/c1-2-19-18(22-16-7-3-4-8-16)21-14-15-9-10-17(20-13-15)23-11-5-6-12-23;/h3-4,9-10,13,16H,2,5-8,11-12,14H2,1H3,(H2,19,21,22);1H. The van der Waals surface area contributed by atoms with E-state index in [1.165, 1.54) is 12.8 Å². The number of pyridine rings is 1. The Hall–Kier alpha value is -1.31. The Balaban J connectivity index is 0.00000208. The van der Waals surface area contributed by atoms with Crippen molar-refractivity contribution in [2.24, 2.45) is 4.99 Å². The lowest BCUT2D eigenvalue weighted by molar-refractivity contribution is 0.633. The number of anilines is 1. The van der Waals surface area contributed by atoms with E-state index < -0.39 is 0 Å². The highest BCUT2D eigenvalue weighted by Gasteiger charge is 2.13. The number of halogens is 1. The second-order valence-corrected chi connectivity index (χ2v) is 6.20. The Morgan fingerprint density at radius 2 is 2.00 bits per heavy atom. The Kier molecular flexibility index (Phi) is 7.81. The molecule has 2 aliphatic rings. The van der Waals surface area contributed by atoms with Crippen LogP contribution in [0.2, 0.25) is 0 Å². The minimum absolute atomic E-state index is 0. The fourth-order valence-electron chi connectivity index (χ4n) is 3.06. The number of aliphatic imine (C=N–C) groups is 1. The van der Waals surface area contributed by atoms with Gasteiger partial charge in [-0.3, -0.25) is 0 Å². The number of guanidine groups is 1. The van der Waals surface area contributed by atoms with E-state index in [2.05, 4.69) is 56.7 Å². The third kappa shape index (κ3) is 5.36. The molecular formula is C18H28IN5. The molecule has 0 saturated carbocycles. The zero-order valence-electron chi connectivity index (χ0n) is 14.4. The van der Waals surface area contributed by atoms with Crippen LogP contribution in [-0.2, 0) is 6.54 Å². The fourth-order valence-corrected chi connectivity index (χ4v) is 3.06. The molecular weight excluding hydrogens is 413 g/mol. The second-order valence-electron chi connectivity index (χ2n) is 6.20. The van der Waals surface area contributed by atoms with Crippen molar-refractivity contribution in [2.45, 2.75) is 45.2 Å². The lowest BCUT2D eigenvalue weighted by Gasteiger charge is -2.17. The van der Waals surface area contributed by atoms with E-state index in [0.29, 0.717) is 12.6 Å². The summed E-state index contributed by atoms with van der Waals surface area (Å²) >= 11 is 0. The minimum atomic E-state index is 0. The van der Waals surface area contributed by atoms with Crippen molar-refractivity contribution in [1.82, 2.24) is 15.6 Å². The van der Waals surface area contributed by atoms with Crippen LogP contribution >= 0.6 is 24.0 Å². The van der Waals surface area contributed by atoms with E-state index >= 15 is 0 Å². The third-order valence-corrected chi connectivity index (χ3v) is 4.35. The maximum atomic E-state index is 4.69. The number of rotatable bonds is 5. The summed E-state index contributed by atoms with van der Waals surface area (Å²) in [5.41, 5.74) is 1.15. The highest BCUT2D eigenvalue weighted by molar-refractivity contribution is 14.0. The van der Waals surface area contributed by atoms with Gasteiger partial charge in [-0.05, 0) is 44.2 Å². The van der Waals surface area contributed by atoms with Crippen molar-refractivity contribution in [3.63, 3.8) is 0 Å². The lowest BCUT2D eigenvalue weighted by atomic mass is 10.2. The van der Waals surface area contributed by atoms with Gasteiger partial charge in [0.1, 0.15) is 5.82 Å². The van der Waals surface area contributed by atoms with Crippen LogP contribution in [-0.4, -0.2) is 36.6 Å². The summed E-state index contributed by atoms with van der Waals surface area (Å²) in [5.74, 6) is 1.99. The topological polar surface area (TPSA) is 52.6 Å². The van der Waals surface area contributed by atoms with Crippen molar-refractivity contribution in [2.75, 3.05) is 24.5 Å². The molecule has 0 radical (unpaired) electrons. The van der Waals surface area contributed by atoms with Crippen LogP contribution in [0.1, 0.15) is 38.2 Å². The molecule has 0 spiro atoms. The summed E-state index contributed by atoms with van der Waals surface area (Å²) in [6.07, 6.45) is 11.1. The molecule has 6 heteroatoms. The van der Waals surface area contributed by atoms with Crippen molar-refractivity contribution in [1.29, 1.82) is 0 Å². The van der Waals surface area contributed by atoms with Crippen molar-refractivity contribution in [3.05, 3.63) is 36.0 Å². The second kappa shape index (κ2) is 9.86. The van der Waals surface area contributed by atoms with E-state index in [0.717, 1.165) is 49.8 Å². The van der Waals surface area contributed by atoms with E-state index in [-0.39, 0.29) is 24.0 Å². The smallest absolute Gasteiger partial charge is 0.191 e. The van der Waals surface area contributed by atoms with Gasteiger partial charge >= 0.3 is 0 Å². The predicted octanol–water partition coefficient (Wildman–Crippen LogP) is 3.07. The van der Waals surface area contributed by atoms with Crippen LogP contribution in [0.3, 0.4) is 0 Å². The molecule has 132 valence electrons. The molecule has 0 amide bonds. The summed E-state index contributed by atoms with van der Waals surface area (Å²) in [4.78, 5) is 11.6. The van der Waals surface area contributed by atoms with Gasteiger partial charge in [-0.1, -0.05) is 18.2 Å². The molecule has 1 aliphatic heterocycles. The Morgan fingerprint density at radius 1 is 1.25 bits per heavy atom. The summed E-state index contributed by atoms with van der Waals surface area (Å²) in [7, 11) is 0. The van der Waals surface area contributed by atoms with Gasteiger partial charge in [0.15, 0.2) is 5.96 Å². The summed E-state index contributed by atoms with van der Waals surface area (Å²) in [6, 6.07) is 4.74. The lowest BCUT2D eigenvalue weighted by Crippen LogP contribution is -2.42. The Morgan fingerprint density at radius 3 is 2.62 bits per heavy atom. The highest BCUT2D eigenvalue weighted by atomic mass is 127. The molecule has 5 nitrogen and oxygen atoms in total. The largest absolute Gasteiger partial charge is 0.357 e. The first-order valence-corrected chi connectivity index (χ1v) is 8.75. The minimum Gasteiger partial charge on any atom is -0.357 e. The van der Waals surface area contributed by atoms with Gasteiger partial charge in [-0.25, -0.2) is 9.98 Å². The Bertz CT molecular complexity index is 541. The summed E-state index contributed by atoms with van der Waals surface area (Å²) < 4.78 is 0. The van der Waals surface area contributed by atoms with Crippen LogP contribution in [0.4, 0.5) is 5.82 Å². The van der Waals surface area contributed by atoms with Gasteiger partial charge in [0.25, 0.3) is 0 Å². The first-order valence-electron chi connectivity index (χ1n) is 8.75. The average Bonchev–Trinajstić information content (AvgIpc) is 3.27. The molecule has 1 aromatic rings. The van der Waals surface area contributed by atoms with Crippen molar-refractivity contribution >= 4 is 35.8 Å². The van der Waals surface area contributed by atoms with Crippen LogP contribution in [0, 0.1) is 0 Å². The number of hydrogen-bond acceptors (Lipinski definition) is 3. The van der Waals surface area contributed by atoms with E-state index in [1.807, 2.05) is 6.20 Å². The van der Waals surface area contributed by atoms with Crippen molar-refractivity contribution in [3.8, 4) is 0 Å². The van der Waals surface area contributed by atoms with Gasteiger partial charge in [0, 0.05) is 31.9 Å². The monoisotopic (exact) mass is 441 g/mol. The predicted molar refractivity (Wildman–Crippen MR) is 111 cm³/mol. The van der Waals surface area contributed by atoms with Crippen LogP contribution in [0.25, 0.3) is 0 Å². The molecule has 0 bridgehead atoms. The van der Waals surface area contributed by atoms with Crippen LogP contribution in [0.15, 0.2) is 35.5 Å². The average molecular weight is 441 g/mol. The molecule has 3 rings (SSSR count). The molecule has 2 heterocycles. The maximum absolute atomic E-state index is 4.69. The summed E-state index contributed by atoms with van der Waals surface area (Å²) in [6.45, 7) is 5.89. The van der Waals surface area contributed by atoms with Crippen LogP contribution in [0.5, 0.6) is 0 Å². The molecule has 0 atom stereocenters. The quantitative estimate of drug-likeness (QED) is 0.319. The Labute approximate surface area is 162 Å². The van der Waals surface area contributed by atoms with E-state index in [4.69, 9.17) is 0 Å². The first-order chi connectivity index (χ1) is 11.3. The number of nitrogens with zero attached hydrogens (tertiary/aromatic N) is 3. The molecule has 1 aromatic heterocycles. The van der Waals surface area contributed by atoms with Gasteiger partial charge in [-0.15, -0.1) is 24.0 Å². The molecule has 1 fully saturated rings. The molecule has 2 N–H and O–H groups in total. The van der Waals surface area contributed by atoms with Gasteiger partial charge < -0.3 is 15.5 Å². The number of nitrogens with one attached hydrogen (secondary N) is 2. The van der Waals surface area contributed by atoms with Gasteiger partial charge in [0.2, 0.25) is 0 Å². The van der Waals surface area contributed by atoms with E-state index in [1.54, 1.807) is 0 Å². The fraction of sp³-hybridized carbons (Fsp3) is 0.556. The van der Waals surface area contributed by atoms with Crippen LogP contribution < -0.4 is 15.5 Å². The first kappa shape index (κ1) is 19.0. The summed E-state index contributed by atoms with van der Waals surface area (Å²) in [5, 5.41) is 6.81. The highest BCUT2D eigenvalue weighted by Crippen LogP contribution is 2.17. The third-order valence-electron chi connectivity index (χ3n) is 4.35. The molecule has 1 saturated heterocycles. The SMILES string of the molecule is CCNC(=NCc1ccc(N2CCCC2)nc1)NC1CC=CC1.I. The van der Waals surface area contributed by atoms with E-state index in [9.17, 15) is 0 Å². The van der Waals surface area contributed by atoms with Gasteiger partial charge in [0.05, 0.1) is 6.54 Å². The zero-order valence-corrected chi connectivity index (χ0v) is 16.7. The molecule has 0 aromatic carbocycles. The maximum Gasteiger partial charge on any atom is 0.191 e. The molecule has 0 unspecified atom stereocenters. The number of hydrogen-bond donors (Lipinski definition) is 2. The van der Waals surface area contributed by atoms with Crippen molar-refractivity contribution < 1.29 is 0 Å².